The molecule has 1 N–H and O–H groups in total. The number of hydrogen-bond acceptors (Lipinski definition) is 3. The molecule has 0 saturated heterocycles. The molecule has 1 rings (SSSR count). The molecule has 0 spiro atoms. The lowest BCUT2D eigenvalue weighted by Gasteiger charge is -2.23. The SMILES string of the molecule is CCC(C)N(C)S(=O)(=O)c1ccc(CCNC)cc1. The normalized spacial score (nSPS) is 13.7. The van der Waals surface area contributed by atoms with Crippen LogP contribution in [0.25, 0.3) is 0 Å². The molecule has 0 heterocycles. The molecule has 0 saturated carbocycles. The predicted molar refractivity (Wildman–Crippen MR) is 78.8 cm³/mol. The standard InChI is InChI=1S/C14H24N2O2S/c1-5-12(2)16(4)19(17,18)14-8-6-13(7-9-14)10-11-15-3/h6-9,12,15H,5,10-11H2,1-4H3. The highest BCUT2D eigenvalue weighted by molar-refractivity contribution is 7.89. The third-order valence-electron chi connectivity index (χ3n) is 3.48. The van der Waals surface area contributed by atoms with Crippen LogP contribution in [0.1, 0.15) is 25.8 Å². The van der Waals surface area contributed by atoms with E-state index in [1.165, 1.54) is 4.31 Å². The molecule has 4 nitrogen and oxygen atoms in total. The van der Waals surface area contributed by atoms with Gasteiger partial charge in [-0.2, -0.15) is 4.31 Å². The van der Waals surface area contributed by atoms with Crippen LogP contribution in [0.4, 0.5) is 0 Å². The Morgan fingerprint density at radius 3 is 2.32 bits per heavy atom. The highest BCUT2D eigenvalue weighted by Crippen LogP contribution is 2.18. The lowest BCUT2D eigenvalue weighted by molar-refractivity contribution is 0.380. The van der Waals surface area contributed by atoms with Crippen LogP contribution in [-0.4, -0.2) is 39.4 Å². The second-order valence-corrected chi connectivity index (χ2v) is 6.77. The molecule has 0 amide bonds. The van der Waals surface area contributed by atoms with Gasteiger partial charge in [0, 0.05) is 13.1 Å². The van der Waals surface area contributed by atoms with Gasteiger partial charge in [0.25, 0.3) is 0 Å². The van der Waals surface area contributed by atoms with Crippen LogP contribution >= 0.6 is 0 Å². The molecule has 0 fully saturated rings. The number of likely N-dealkylation sites (N-methyl/N-ethyl adjacent to an activating group) is 1. The van der Waals surface area contributed by atoms with Crippen molar-refractivity contribution in [2.45, 2.75) is 37.6 Å². The summed E-state index contributed by atoms with van der Waals surface area (Å²) in [5.74, 6) is 0. The minimum Gasteiger partial charge on any atom is -0.319 e. The summed E-state index contributed by atoms with van der Waals surface area (Å²) in [6.45, 7) is 4.79. The van der Waals surface area contributed by atoms with Gasteiger partial charge in [0.15, 0.2) is 0 Å². The van der Waals surface area contributed by atoms with Crippen molar-refractivity contribution in [3.8, 4) is 0 Å². The second kappa shape index (κ2) is 7.03. The molecule has 1 aromatic carbocycles. The molecule has 5 heteroatoms. The highest BCUT2D eigenvalue weighted by atomic mass is 32.2. The fraction of sp³-hybridized carbons (Fsp3) is 0.571. The van der Waals surface area contributed by atoms with Gasteiger partial charge in [-0.15, -0.1) is 0 Å². The Labute approximate surface area is 116 Å². The lowest BCUT2D eigenvalue weighted by atomic mass is 10.1. The van der Waals surface area contributed by atoms with Crippen molar-refractivity contribution in [2.75, 3.05) is 20.6 Å². The minimum atomic E-state index is -3.37. The Kier molecular flexibility index (Phi) is 5.97. The number of nitrogens with one attached hydrogen (secondary N) is 1. The molecular formula is C14H24N2O2S. The molecule has 0 bridgehead atoms. The summed E-state index contributed by atoms with van der Waals surface area (Å²) in [6.07, 6.45) is 1.70. The van der Waals surface area contributed by atoms with E-state index in [2.05, 4.69) is 5.32 Å². The van der Waals surface area contributed by atoms with E-state index in [0.29, 0.717) is 4.90 Å². The molecule has 1 atom stereocenters. The largest absolute Gasteiger partial charge is 0.319 e. The Balaban J connectivity index is 2.90. The molecule has 19 heavy (non-hydrogen) atoms. The third-order valence-corrected chi connectivity index (χ3v) is 5.46. The van der Waals surface area contributed by atoms with Crippen molar-refractivity contribution < 1.29 is 8.42 Å². The Morgan fingerprint density at radius 1 is 1.26 bits per heavy atom. The summed E-state index contributed by atoms with van der Waals surface area (Å²) >= 11 is 0. The Morgan fingerprint density at radius 2 is 1.84 bits per heavy atom. The van der Waals surface area contributed by atoms with Crippen LogP contribution in [0.3, 0.4) is 0 Å². The third kappa shape index (κ3) is 4.03. The quantitative estimate of drug-likeness (QED) is 0.831. The summed E-state index contributed by atoms with van der Waals surface area (Å²) < 4.78 is 26.2. The maximum absolute atomic E-state index is 12.4. The first-order valence-electron chi connectivity index (χ1n) is 6.65. The molecule has 1 aromatic rings. The van der Waals surface area contributed by atoms with Gasteiger partial charge < -0.3 is 5.32 Å². The van der Waals surface area contributed by atoms with Crippen molar-refractivity contribution >= 4 is 10.0 Å². The van der Waals surface area contributed by atoms with E-state index in [0.717, 1.165) is 24.9 Å². The minimum absolute atomic E-state index is 0.00830. The van der Waals surface area contributed by atoms with E-state index in [9.17, 15) is 8.42 Å². The molecule has 0 aliphatic carbocycles. The smallest absolute Gasteiger partial charge is 0.243 e. The Bertz CT molecular complexity index is 483. The first kappa shape index (κ1) is 16.1. The van der Waals surface area contributed by atoms with Gasteiger partial charge in [-0.25, -0.2) is 8.42 Å². The monoisotopic (exact) mass is 284 g/mol. The van der Waals surface area contributed by atoms with Crippen LogP contribution in [0.5, 0.6) is 0 Å². The fourth-order valence-electron chi connectivity index (χ4n) is 1.76. The van der Waals surface area contributed by atoms with Crippen LogP contribution in [0.2, 0.25) is 0 Å². The zero-order valence-electron chi connectivity index (χ0n) is 12.2. The maximum atomic E-state index is 12.4. The zero-order chi connectivity index (χ0) is 14.5. The van der Waals surface area contributed by atoms with E-state index in [1.54, 1.807) is 19.2 Å². The first-order chi connectivity index (χ1) is 8.93. The van der Waals surface area contributed by atoms with Gasteiger partial charge in [-0.1, -0.05) is 19.1 Å². The van der Waals surface area contributed by atoms with Gasteiger partial charge in [0.05, 0.1) is 4.90 Å². The molecule has 108 valence electrons. The lowest BCUT2D eigenvalue weighted by Crippen LogP contribution is -2.34. The molecule has 1 unspecified atom stereocenters. The number of hydrogen-bond donors (Lipinski definition) is 1. The van der Waals surface area contributed by atoms with Crippen molar-refractivity contribution in [1.29, 1.82) is 0 Å². The van der Waals surface area contributed by atoms with E-state index in [-0.39, 0.29) is 6.04 Å². The average Bonchev–Trinajstić information content (AvgIpc) is 2.43. The number of sulfonamides is 1. The first-order valence-corrected chi connectivity index (χ1v) is 8.09. The maximum Gasteiger partial charge on any atom is 0.243 e. The predicted octanol–water partition coefficient (Wildman–Crippen LogP) is 1.87. The van der Waals surface area contributed by atoms with E-state index in [4.69, 9.17) is 0 Å². The summed E-state index contributed by atoms with van der Waals surface area (Å²) in [7, 11) is 0.170. The fourth-order valence-corrected chi connectivity index (χ4v) is 3.19. The van der Waals surface area contributed by atoms with Crippen LogP contribution in [0, 0.1) is 0 Å². The molecule has 0 radical (unpaired) electrons. The Hall–Kier alpha value is -0.910. The summed E-state index contributed by atoms with van der Waals surface area (Å²) in [6, 6.07) is 7.16. The molecule has 0 aromatic heterocycles. The number of rotatable bonds is 7. The second-order valence-electron chi connectivity index (χ2n) is 4.78. The molecular weight excluding hydrogens is 260 g/mol. The number of benzene rings is 1. The van der Waals surface area contributed by atoms with Gasteiger partial charge in [-0.3, -0.25) is 0 Å². The highest BCUT2D eigenvalue weighted by Gasteiger charge is 2.24. The topological polar surface area (TPSA) is 49.4 Å². The van der Waals surface area contributed by atoms with E-state index >= 15 is 0 Å². The molecule has 0 aliphatic heterocycles. The van der Waals surface area contributed by atoms with Gasteiger partial charge >= 0.3 is 0 Å². The van der Waals surface area contributed by atoms with Crippen LogP contribution in [-0.2, 0) is 16.4 Å². The molecule has 0 aliphatic rings. The van der Waals surface area contributed by atoms with E-state index in [1.807, 2.05) is 33.0 Å². The van der Waals surface area contributed by atoms with Gasteiger partial charge in [0.2, 0.25) is 10.0 Å². The average molecular weight is 284 g/mol. The van der Waals surface area contributed by atoms with Crippen molar-refractivity contribution in [1.82, 2.24) is 9.62 Å². The van der Waals surface area contributed by atoms with Gasteiger partial charge in [-0.05, 0) is 51.1 Å². The van der Waals surface area contributed by atoms with Crippen LogP contribution in [0.15, 0.2) is 29.2 Å². The van der Waals surface area contributed by atoms with Crippen molar-refractivity contribution in [2.24, 2.45) is 0 Å². The zero-order valence-corrected chi connectivity index (χ0v) is 13.0. The van der Waals surface area contributed by atoms with E-state index < -0.39 is 10.0 Å². The summed E-state index contributed by atoms with van der Waals surface area (Å²) in [4.78, 5) is 0.364. The van der Waals surface area contributed by atoms with Crippen molar-refractivity contribution in [3.05, 3.63) is 29.8 Å². The summed E-state index contributed by atoms with van der Waals surface area (Å²) in [5.41, 5.74) is 1.14. The van der Waals surface area contributed by atoms with Crippen LogP contribution < -0.4 is 5.32 Å². The summed E-state index contributed by atoms with van der Waals surface area (Å²) in [5, 5.41) is 3.08. The van der Waals surface area contributed by atoms with Gasteiger partial charge in [0.1, 0.15) is 0 Å². The number of nitrogens with zero attached hydrogens (tertiary/aromatic N) is 1. The van der Waals surface area contributed by atoms with Crippen molar-refractivity contribution in [3.63, 3.8) is 0 Å².